The van der Waals surface area contributed by atoms with Gasteiger partial charge in [-0.2, -0.15) is 0 Å². The van der Waals surface area contributed by atoms with Crippen molar-refractivity contribution < 1.29 is 4.79 Å². The third-order valence-corrected chi connectivity index (χ3v) is 8.22. The van der Waals surface area contributed by atoms with Crippen LogP contribution in [0.25, 0.3) is 10.2 Å². The van der Waals surface area contributed by atoms with Crippen molar-refractivity contribution >= 4 is 39.0 Å². The van der Waals surface area contributed by atoms with Crippen molar-refractivity contribution in [1.82, 2.24) is 14.9 Å². The normalized spacial score (nSPS) is 25.6. The lowest BCUT2D eigenvalue weighted by molar-refractivity contribution is -0.120. The molecule has 30 heavy (non-hydrogen) atoms. The van der Waals surface area contributed by atoms with E-state index in [1.807, 2.05) is 18.2 Å². The van der Waals surface area contributed by atoms with Gasteiger partial charge in [-0.15, -0.1) is 11.3 Å². The van der Waals surface area contributed by atoms with Gasteiger partial charge in [-0.05, 0) is 48.8 Å². The van der Waals surface area contributed by atoms with Crippen LogP contribution >= 0.6 is 11.3 Å². The van der Waals surface area contributed by atoms with Crippen LogP contribution in [0, 0.1) is 5.92 Å². The molecule has 4 heterocycles. The second kappa shape index (κ2) is 6.49. The molecule has 1 amide bonds. The first-order valence-corrected chi connectivity index (χ1v) is 11.5. The lowest BCUT2D eigenvalue weighted by Gasteiger charge is -2.22. The number of hydrogen-bond acceptors (Lipinski definition) is 6. The minimum atomic E-state index is -0.454. The molecule has 3 aromatic rings. The van der Waals surface area contributed by atoms with Crippen molar-refractivity contribution in [2.24, 2.45) is 5.92 Å². The topological polar surface area (TPSA) is 84.1 Å². The molecule has 1 aromatic carbocycles. The molecule has 0 radical (unpaired) electrons. The number of nitrogens with one attached hydrogen (secondary N) is 1. The summed E-state index contributed by atoms with van der Waals surface area (Å²) in [4.78, 5) is 27.1. The molecule has 3 aliphatic rings. The van der Waals surface area contributed by atoms with Crippen molar-refractivity contribution in [3.63, 3.8) is 0 Å². The van der Waals surface area contributed by atoms with Crippen molar-refractivity contribution in [2.75, 3.05) is 24.1 Å². The van der Waals surface area contributed by atoms with Crippen LogP contribution < -0.4 is 11.1 Å². The number of fused-ring (bicyclic) bond motifs is 5. The van der Waals surface area contributed by atoms with Crippen LogP contribution in [0.4, 0.5) is 11.5 Å². The number of nitrogens with zero attached hydrogens (tertiary/aromatic N) is 3. The molecule has 1 saturated heterocycles. The van der Waals surface area contributed by atoms with Gasteiger partial charge in [0.1, 0.15) is 16.5 Å². The van der Waals surface area contributed by atoms with Gasteiger partial charge in [0, 0.05) is 23.7 Å². The number of rotatable bonds is 2. The predicted molar refractivity (Wildman–Crippen MR) is 120 cm³/mol. The highest BCUT2D eigenvalue weighted by Crippen LogP contribution is 2.44. The summed E-state index contributed by atoms with van der Waals surface area (Å²) in [5.74, 6) is 2.21. The van der Waals surface area contributed by atoms with Crippen LogP contribution in [0.1, 0.15) is 41.6 Å². The van der Waals surface area contributed by atoms with Gasteiger partial charge < -0.3 is 11.1 Å². The minimum absolute atomic E-state index is 0.113. The zero-order valence-corrected chi connectivity index (χ0v) is 17.9. The molecule has 7 heteroatoms. The second-order valence-corrected chi connectivity index (χ2v) is 10.2. The smallest absolute Gasteiger partial charge is 0.236 e. The fourth-order valence-electron chi connectivity index (χ4n) is 5.49. The fraction of sp³-hybridized carbons (Fsp3) is 0.435. The molecular formula is C23H25N5OS. The van der Waals surface area contributed by atoms with Crippen LogP contribution in [0.2, 0.25) is 0 Å². The summed E-state index contributed by atoms with van der Waals surface area (Å²) in [5.41, 5.74) is 9.39. The summed E-state index contributed by atoms with van der Waals surface area (Å²) in [5, 5.41) is 4.14. The zero-order valence-electron chi connectivity index (χ0n) is 17.1. The lowest BCUT2D eigenvalue weighted by atomic mass is 9.81. The number of carbonyl (C=O) groups is 1. The Hall–Kier alpha value is -2.51. The number of likely N-dealkylation sites (tertiary alicyclic amines) is 1. The van der Waals surface area contributed by atoms with Crippen LogP contribution in [-0.4, -0.2) is 33.9 Å². The number of anilines is 2. The summed E-state index contributed by atoms with van der Waals surface area (Å²) in [6.07, 6.45) is 4.22. The van der Waals surface area contributed by atoms with E-state index in [0.717, 1.165) is 59.0 Å². The van der Waals surface area contributed by atoms with Gasteiger partial charge in [-0.3, -0.25) is 9.69 Å². The number of amides is 1. The monoisotopic (exact) mass is 419 g/mol. The first kappa shape index (κ1) is 18.3. The van der Waals surface area contributed by atoms with E-state index < -0.39 is 5.41 Å². The highest BCUT2D eigenvalue weighted by atomic mass is 32.1. The van der Waals surface area contributed by atoms with Crippen LogP contribution in [0.15, 0.2) is 24.3 Å². The Morgan fingerprint density at radius 3 is 3.10 bits per heavy atom. The van der Waals surface area contributed by atoms with E-state index in [9.17, 15) is 4.79 Å². The summed E-state index contributed by atoms with van der Waals surface area (Å²) in [6, 6.07) is 8.05. The molecule has 2 aliphatic heterocycles. The van der Waals surface area contributed by atoms with E-state index >= 15 is 0 Å². The maximum absolute atomic E-state index is 12.8. The summed E-state index contributed by atoms with van der Waals surface area (Å²) < 4.78 is 0. The summed E-state index contributed by atoms with van der Waals surface area (Å²) in [7, 11) is 0. The quantitative estimate of drug-likeness (QED) is 0.664. The molecule has 6 nitrogen and oxygen atoms in total. The van der Waals surface area contributed by atoms with E-state index in [1.54, 1.807) is 11.3 Å². The van der Waals surface area contributed by atoms with E-state index in [2.05, 4.69) is 28.2 Å². The number of aryl methyl sites for hydroxylation is 1. The number of carbonyl (C=O) groups excluding carboxylic acids is 1. The highest BCUT2D eigenvalue weighted by Gasteiger charge is 2.50. The fourth-order valence-corrected chi connectivity index (χ4v) is 6.90. The molecule has 6 rings (SSSR count). The molecule has 2 atom stereocenters. The Morgan fingerprint density at radius 2 is 2.20 bits per heavy atom. The molecule has 3 N–H and O–H groups in total. The molecule has 2 aromatic heterocycles. The van der Waals surface area contributed by atoms with E-state index in [0.29, 0.717) is 18.9 Å². The van der Waals surface area contributed by atoms with Gasteiger partial charge in [0.05, 0.1) is 17.3 Å². The first-order valence-electron chi connectivity index (χ1n) is 10.7. The third-order valence-electron chi connectivity index (χ3n) is 7.07. The highest BCUT2D eigenvalue weighted by molar-refractivity contribution is 7.19. The molecule has 1 aliphatic carbocycles. The number of benzene rings is 1. The van der Waals surface area contributed by atoms with Crippen LogP contribution in [-0.2, 0) is 29.6 Å². The molecule has 1 fully saturated rings. The maximum Gasteiger partial charge on any atom is 0.236 e. The minimum Gasteiger partial charge on any atom is -0.383 e. The van der Waals surface area contributed by atoms with Gasteiger partial charge in [0.15, 0.2) is 0 Å². The molecular weight excluding hydrogens is 394 g/mol. The Morgan fingerprint density at radius 1 is 1.33 bits per heavy atom. The largest absolute Gasteiger partial charge is 0.383 e. The number of hydrogen-bond donors (Lipinski definition) is 2. The number of thiophene rings is 1. The molecule has 1 spiro atoms. The van der Waals surface area contributed by atoms with Gasteiger partial charge >= 0.3 is 0 Å². The SMILES string of the molecule is CC1CCc2c(sc3nc(CN4CCC5(C4)C(=O)Nc4ccccc45)nc(N)c23)C1. The molecule has 154 valence electrons. The Balaban J connectivity index is 1.29. The van der Waals surface area contributed by atoms with Crippen LogP contribution in [0.3, 0.4) is 0 Å². The van der Waals surface area contributed by atoms with Crippen molar-refractivity contribution in [2.45, 2.75) is 44.6 Å². The van der Waals surface area contributed by atoms with Crippen molar-refractivity contribution in [3.05, 3.63) is 46.1 Å². The second-order valence-electron chi connectivity index (χ2n) is 9.10. The van der Waals surface area contributed by atoms with Gasteiger partial charge in [0.25, 0.3) is 0 Å². The predicted octanol–water partition coefficient (Wildman–Crippen LogP) is 3.49. The molecule has 0 bridgehead atoms. The van der Waals surface area contributed by atoms with Crippen molar-refractivity contribution in [1.29, 1.82) is 0 Å². The van der Waals surface area contributed by atoms with Gasteiger partial charge in [-0.25, -0.2) is 9.97 Å². The van der Waals surface area contributed by atoms with Gasteiger partial charge in [0.2, 0.25) is 5.91 Å². The van der Waals surface area contributed by atoms with E-state index in [1.165, 1.54) is 16.9 Å². The Labute approximate surface area is 179 Å². The van der Waals surface area contributed by atoms with Gasteiger partial charge in [-0.1, -0.05) is 25.1 Å². The molecule has 2 unspecified atom stereocenters. The number of nitrogens with two attached hydrogens (primary N) is 1. The standard InChI is InChI=1S/C23H25N5OS/c1-13-6-7-14-17(10-13)30-21-19(14)20(24)26-18(27-21)11-28-9-8-23(12-28)15-4-2-3-5-16(15)25-22(23)29/h2-5,13H,6-12H2,1H3,(H,25,29)(H2,24,26,27). The van der Waals surface area contributed by atoms with E-state index in [-0.39, 0.29) is 5.91 Å². The lowest BCUT2D eigenvalue weighted by Crippen LogP contribution is -2.37. The zero-order chi connectivity index (χ0) is 20.5. The number of para-hydroxylation sites is 1. The van der Waals surface area contributed by atoms with E-state index in [4.69, 9.17) is 10.7 Å². The maximum atomic E-state index is 12.8. The summed E-state index contributed by atoms with van der Waals surface area (Å²) in [6.45, 7) is 4.47. The van der Waals surface area contributed by atoms with Crippen LogP contribution in [0.5, 0.6) is 0 Å². The Kier molecular flexibility index (Phi) is 3.95. The average Bonchev–Trinajstić information content (AvgIpc) is 3.37. The number of aromatic nitrogens is 2. The third kappa shape index (κ3) is 2.61. The number of nitrogen functional groups attached to an aromatic ring is 1. The van der Waals surface area contributed by atoms with Crippen molar-refractivity contribution in [3.8, 4) is 0 Å². The Bertz CT molecular complexity index is 1190. The average molecular weight is 420 g/mol. The summed E-state index contributed by atoms with van der Waals surface area (Å²) >= 11 is 1.79. The molecule has 0 saturated carbocycles. The first-order chi connectivity index (χ1) is 14.5.